The number of halogens is 1. The minimum Gasteiger partial charge on any atom is -0.465 e. The fourth-order valence-corrected chi connectivity index (χ4v) is 2.98. The second-order valence-corrected chi connectivity index (χ2v) is 7.27. The Bertz CT molecular complexity index is 1150. The standard InChI is InChI=1S/C16H14FN3O2.C7H8S.C2H6/c1-9-3-5-14(12(17)7-9)19-15-10(16(21)22-2)4-6-13-11(15)8-18-20-13;1-6-2-4-7(8)5-3-6;1-2/h3-8,19H,1-2H3,(H,18,20);2-5,8H,1H3;1-2H3. The van der Waals surface area contributed by atoms with Gasteiger partial charge in [0.15, 0.2) is 0 Å². The Morgan fingerprint density at radius 2 is 1.69 bits per heavy atom. The molecule has 0 atom stereocenters. The molecule has 0 radical (unpaired) electrons. The number of nitrogens with zero attached hydrogens (tertiary/aromatic N) is 1. The number of esters is 1. The van der Waals surface area contributed by atoms with Gasteiger partial charge in [0.25, 0.3) is 0 Å². The molecule has 0 aliphatic carbocycles. The number of benzene rings is 3. The van der Waals surface area contributed by atoms with Gasteiger partial charge < -0.3 is 10.1 Å². The number of hydrogen-bond donors (Lipinski definition) is 3. The zero-order valence-corrected chi connectivity index (χ0v) is 19.8. The molecule has 0 aliphatic rings. The lowest BCUT2D eigenvalue weighted by molar-refractivity contribution is 0.0602. The van der Waals surface area contributed by atoms with Crippen molar-refractivity contribution in [3.8, 4) is 0 Å². The van der Waals surface area contributed by atoms with E-state index in [0.29, 0.717) is 16.6 Å². The lowest BCUT2D eigenvalue weighted by Gasteiger charge is -2.13. The number of H-pyrrole nitrogens is 1. The summed E-state index contributed by atoms with van der Waals surface area (Å²) in [6.45, 7) is 7.87. The molecule has 32 heavy (non-hydrogen) atoms. The summed E-state index contributed by atoms with van der Waals surface area (Å²) in [5.74, 6) is -0.894. The highest BCUT2D eigenvalue weighted by molar-refractivity contribution is 7.80. The van der Waals surface area contributed by atoms with Crippen LogP contribution in [-0.2, 0) is 4.74 Å². The Balaban J connectivity index is 0.000000304. The van der Waals surface area contributed by atoms with Crippen LogP contribution in [0.5, 0.6) is 0 Å². The van der Waals surface area contributed by atoms with Gasteiger partial charge in [-0.15, -0.1) is 12.6 Å². The molecule has 0 saturated carbocycles. The van der Waals surface area contributed by atoms with Crippen molar-refractivity contribution in [1.82, 2.24) is 10.2 Å². The van der Waals surface area contributed by atoms with Crippen LogP contribution in [0.3, 0.4) is 0 Å². The summed E-state index contributed by atoms with van der Waals surface area (Å²) in [4.78, 5) is 13.0. The SMILES string of the molecule is CC.COC(=O)c1ccc2[nH]ncc2c1Nc1ccc(C)cc1F.Cc1ccc(S)cc1. The molecule has 1 aromatic heterocycles. The summed E-state index contributed by atoms with van der Waals surface area (Å²) in [6, 6.07) is 16.2. The Labute approximate surface area is 193 Å². The maximum atomic E-state index is 14.1. The molecular weight excluding hydrogens is 425 g/mol. The number of aryl methyl sites for hydroxylation is 2. The van der Waals surface area contributed by atoms with Crippen molar-refractivity contribution in [3.05, 3.63) is 83.3 Å². The Morgan fingerprint density at radius 3 is 2.28 bits per heavy atom. The van der Waals surface area contributed by atoms with E-state index in [0.717, 1.165) is 16.0 Å². The third-order valence-electron chi connectivity index (χ3n) is 4.45. The predicted molar refractivity (Wildman–Crippen MR) is 132 cm³/mol. The van der Waals surface area contributed by atoms with E-state index >= 15 is 0 Å². The van der Waals surface area contributed by atoms with Crippen molar-refractivity contribution in [3.63, 3.8) is 0 Å². The van der Waals surface area contributed by atoms with Crippen molar-refractivity contribution >= 4 is 40.9 Å². The van der Waals surface area contributed by atoms with Crippen LogP contribution in [0.2, 0.25) is 0 Å². The van der Waals surface area contributed by atoms with E-state index < -0.39 is 11.8 Å². The van der Waals surface area contributed by atoms with E-state index in [4.69, 9.17) is 4.74 Å². The minimum absolute atomic E-state index is 0.282. The van der Waals surface area contributed by atoms with Crippen molar-refractivity contribution in [2.75, 3.05) is 12.4 Å². The van der Waals surface area contributed by atoms with Gasteiger partial charge in [-0.1, -0.05) is 37.6 Å². The summed E-state index contributed by atoms with van der Waals surface area (Å²) in [5, 5.41) is 10.4. The molecule has 0 bridgehead atoms. The minimum atomic E-state index is -0.502. The number of methoxy groups -OCH3 is 1. The zero-order chi connectivity index (χ0) is 23.7. The van der Waals surface area contributed by atoms with Crippen LogP contribution < -0.4 is 5.32 Å². The van der Waals surface area contributed by atoms with Crippen LogP contribution >= 0.6 is 12.6 Å². The van der Waals surface area contributed by atoms with Gasteiger partial charge in [-0.3, -0.25) is 5.10 Å². The van der Waals surface area contributed by atoms with Gasteiger partial charge in [-0.25, -0.2) is 9.18 Å². The van der Waals surface area contributed by atoms with E-state index in [1.807, 2.05) is 45.0 Å². The average molecular weight is 454 g/mol. The number of aromatic amines is 1. The van der Waals surface area contributed by atoms with Gasteiger partial charge in [0.2, 0.25) is 0 Å². The third-order valence-corrected chi connectivity index (χ3v) is 4.75. The molecule has 7 heteroatoms. The Morgan fingerprint density at radius 1 is 1.03 bits per heavy atom. The van der Waals surface area contributed by atoms with Gasteiger partial charge in [0.1, 0.15) is 5.82 Å². The topological polar surface area (TPSA) is 67.0 Å². The summed E-state index contributed by atoms with van der Waals surface area (Å²) in [5.41, 5.74) is 3.89. The first-order valence-corrected chi connectivity index (χ1v) is 10.7. The highest BCUT2D eigenvalue weighted by Gasteiger charge is 2.17. The summed E-state index contributed by atoms with van der Waals surface area (Å²) in [7, 11) is 1.30. The Kier molecular flexibility index (Phi) is 9.28. The molecule has 2 N–H and O–H groups in total. The largest absolute Gasteiger partial charge is 0.465 e. The second kappa shape index (κ2) is 11.9. The quantitative estimate of drug-likeness (QED) is 0.234. The van der Waals surface area contributed by atoms with E-state index in [1.165, 1.54) is 18.7 Å². The van der Waals surface area contributed by atoms with Gasteiger partial charge in [0.05, 0.1) is 35.8 Å². The first-order chi connectivity index (χ1) is 15.4. The number of fused-ring (bicyclic) bond motifs is 1. The normalized spacial score (nSPS) is 9.84. The lowest BCUT2D eigenvalue weighted by atomic mass is 10.1. The number of anilines is 2. The average Bonchev–Trinajstić information content (AvgIpc) is 3.28. The summed E-state index contributed by atoms with van der Waals surface area (Å²) in [6.07, 6.45) is 1.58. The number of hydrogen-bond acceptors (Lipinski definition) is 5. The highest BCUT2D eigenvalue weighted by Crippen LogP contribution is 2.31. The van der Waals surface area contributed by atoms with Crippen LogP contribution in [-0.4, -0.2) is 23.3 Å². The fraction of sp³-hybridized carbons (Fsp3) is 0.200. The first-order valence-electron chi connectivity index (χ1n) is 10.2. The molecule has 3 aromatic carbocycles. The first kappa shape index (κ1) is 24.9. The third kappa shape index (κ3) is 6.34. The predicted octanol–water partition coefficient (Wildman–Crippen LogP) is 6.85. The molecule has 5 nitrogen and oxygen atoms in total. The summed E-state index contributed by atoms with van der Waals surface area (Å²) < 4.78 is 18.9. The molecule has 4 rings (SSSR count). The molecular formula is C25H28FN3O2S. The number of thiol groups is 1. The monoisotopic (exact) mass is 453 g/mol. The van der Waals surface area contributed by atoms with E-state index in [1.54, 1.807) is 30.5 Å². The Hall–Kier alpha value is -3.32. The van der Waals surface area contributed by atoms with Crippen LogP contribution in [0.15, 0.2) is 65.7 Å². The highest BCUT2D eigenvalue weighted by atomic mass is 32.1. The van der Waals surface area contributed by atoms with E-state index in [2.05, 4.69) is 35.1 Å². The van der Waals surface area contributed by atoms with Gasteiger partial charge in [-0.2, -0.15) is 5.10 Å². The number of carbonyl (C=O) groups is 1. The van der Waals surface area contributed by atoms with Crippen LogP contribution in [0.1, 0.15) is 35.3 Å². The van der Waals surface area contributed by atoms with Crippen LogP contribution in [0, 0.1) is 19.7 Å². The maximum absolute atomic E-state index is 14.1. The number of rotatable bonds is 3. The number of nitrogens with one attached hydrogen (secondary N) is 2. The van der Waals surface area contributed by atoms with Crippen molar-refractivity contribution in [2.45, 2.75) is 32.6 Å². The number of ether oxygens (including phenoxy) is 1. The van der Waals surface area contributed by atoms with Crippen molar-refractivity contribution in [1.29, 1.82) is 0 Å². The van der Waals surface area contributed by atoms with E-state index in [-0.39, 0.29) is 5.69 Å². The molecule has 1 heterocycles. The van der Waals surface area contributed by atoms with Crippen LogP contribution in [0.25, 0.3) is 10.9 Å². The molecule has 0 fully saturated rings. The molecule has 0 aliphatic heterocycles. The van der Waals surface area contributed by atoms with Crippen molar-refractivity contribution in [2.24, 2.45) is 0 Å². The second-order valence-electron chi connectivity index (χ2n) is 6.75. The molecule has 0 spiro atoms. The molecule has 0 unspecified atom stereocenters. The number of aromatic nitrogens is 2. The molecule has 168 valence electrons. The molecule has 0 saturated heterocycles. The van der Waals surface area contributed by atoms with Gasteiger partial charge in [0, 0.05) is 10.3 Å². The molecule has 4 aromatic rings. The van der Waals surface area contributed by atoms with E-state index in [9.17, 15) is 9.18 Å². The fourth-order valence-electron chi connectivity index (χ4n) is 2.83. The maximum Gasteiger partial charge on any atom is 0.339 e. The van der Waals surface area contributed by atoms with Gasteiger partial charge >= 0.3 is 5.97 Å². The lowest BCUT2D eigenvalue weighted by Crippen LogP contribution is -2.06. The van der Waals surface area contributed by atoms with Gasteiger partial charge in [-0.05, 0) is 55.8 Å². The smallest absolute Gasteiger partial charge is 0.339 e. The van der Waals surface area contributed by atoms with Crippen molar-refractivity contribution < 1.29 is 13.9 Å². The number of carbonyl (C=O) groups excluding carboxylic acids is 1. The van der Waals surface area contributed by atoms with Crippen LogP contribution in [0.4, 0.5) is 15.8 Å². The summed E-state index contributed by atoms with van der Waals surface area (Å²) >= 11 is 4.13. The molecule has 0 amide bonds. The zero-order valence-electron chi connectivity index (χ0n) is 18.9.